The van der Waals surface area contributed by atoms with Crippen LogP contribution in [0.4, 0.5) is 0 Å². The van der Waals surface area contributed by atoms with Crippen molar-refractivity contribution in [2.24, 2.45) is 5.92 Å². The summed E-state index contributed by atoms with van der Waals surface area (Å²) in [6.45, 7) is 4.26. The molecule has 1 heterocycles. The van der Waals surface area contributed by atoms with Crippen LogP contribution in [0.15, 0.2) is 0 Å². The van der Waals surface area contributed by atoms with Gasteiger partial charge in [0.15, 0.2) is 0 Å². The second kappa shape index (κ2) is 3.99. The molecule has 0 spiro atoms. The quantitative estimate of drug-likeness (QED) is 0.830. The first-order valence-corrected chi connectivity index (χ1v) is 6.15. The maximum atomic E-state index is 4.64. The Labute approximate surface area is 89.8 Å². The van der Waals surface area contributed by atoms with Crippen LogP contribution in [0, 0.1) is 19.8 Å². The third-order valence-corrected chi connectivity index (χ3v) is 4.40. The van der Waals surface area contributed by atoms with Crippen LogP contribution in [0.2, 0.25) is 0 Å². The predicted molar refractivity (Wildman–Crippen MR) is 60.7 cm³/mol. The van der Waals surface area contributed by atoms with Gasteiger partial charge in [-0.1, -0.05) is 6.42 Å². The lowest BCUT2D eigenvalue weighted by Gasteiger charge is -2.32. The van der Waals surface area contributed by atoms with E-state index in [0.29, 0.717) is 6.04 Å². The minimum atomic E-state index is 0.501. The highest BCUT2D eigenvalue weighted by atomic mass is 32.1. The summed E-state index contributed by atoms with van der Waals surface area (Å²) in [5, 5.41) is 4.69. The van der Waals surface area contributed by atoms with Crippen molar-refractivity contribution in [3.05, 3.63) is 15.6 Å². The molecule has 0 amide bonds. The van der Waals surface area contributed by atoms with Gasteiger partial charge in [0.2, 0.25) is 0 Å². The zero-order valence-electron chi connectivity index (χ0n) is 9.13. The van der Waals surface area contributed by atoms with E-state index < -0.39 is 0 Å². The minimum Gasteiger partial charge on any atom is -0.311 e. The fraction of sp³-hybridized carbons (Fsp3) is 0.727. The van der Waals surface area contributed by atoms with Crippen LogP contribution in [-0.2, 0) is 0 Å². The molecule has 0 saturated heterocycles. The fourth-order valence-corrected chi connectivity index (χ4v) is 3.09. The van der Waals surface area contributed by atoms with E-state index in [4.69, 9.17) is 0 Å². The minimum absolute atomic E-state index is 0.501. The van der Waals surface area contributed by atoms with Crippen LogP contribution >= 0.6 is 11.3 Å². The molecule has 1 N–H and O–H groups in total. The molecule has 1 unspecified atom stereocenters. The number of hydrogen-bond donors (Lipinski definition) is 1. The topological polar surface area (TPSA) is 24.9 Å². The number of hydrogen-bond acceptors (Lipinski definition) is 3. The molecule has 0 aliphatic heterocycles. The molecule has 1 aliphatic carbocycles. The number of nitrogens with one attached hydrogen (secondary N) is 1. The molecule has 14 heavy (non-hydrogen) atoms. The average molecular weight is 210 g/mol. The van der Waals surface area contributed by atoms with Crippen LogP contribution in [0.3, 0.4) is 0 Å². The average Bonchev–Trinajstić information content (AvgIpc) is 2.39. The van der Waals surface area contributed by atoms with Crippen molar-refractivity contribution < 1.29 is 0 Å². The van der Waals surface area contributed by atoms with Gasteiger partial charge < -0.3 is 5.32 Å². The van der Waals surface area contributed by atoms with Crippen LogP contribution < -0.4 is 5.32 Å². The van der Waals surface area contributed by atoms with Crippen molar-refractivity contribution in [3.63, 3.8) is 0 Å². The maximum Gasteiger partial charge on any atom is 0.110 e. The van der Waals surface area contributed by atoms with Crippen molar-refractivity contribution in [3.8, 4) is 0 Å². The van der Waals surface area contributed by atoms with Gasteiger partial charge in [0, 0.05) is 4.88 Å². The molecular formula is C11H18N2S. The number of aromatic nitrogens is 1. The SMILES string of the molecule is CNC(c1nc(C)c(C)s1)C1CCC1. The molecule has 1 aliphatic rings. The molecule has 0 bridgehead atoms. The second-order valence-electron chi connectivity index (χ2n) is 4.15. The Morgan fingerprint density at radius 3 is 2.50 bits per heavy atom. The van der Waals surface area contributed by atoms with Gasteiger partial charge >= 0.3 is 0 Å². The van der Waals surface area contributed by atoms with E-state index in [2.05, 4.69) is 31.2 Å². The monoisotopic (exact) mass is 210 g/mol. The summed E-state index contributed by atoms with van der Waals surface area (Å²) in [5.74, 6) is 0.824. The van der Waals surface area contributed by atoms with E-state index in [-0.39, 0.29) is 0 Å². The summed E-state index contributed by atoms with van der Waals surface area (Å²) < 4.78 is 0. The van der Waals surface area contributed by atoms with Gasteiger partial charge in [-0.05, 0) is 39.7 Å². The highest BCUT2D eigenvalue weighted by Crippen LogP contribution is 2.39. The Morgan fingerprint density at radius 2 is 2.14 bits per heavy atom. The predicted octanol–water partition coefficient (Wildman–Crippen LogP) is 2.82. The smallest absolute Gasteiger partial charge is 0.110 e. The Balaban J connectivity index is 2.17. The summed E-state index contributed by atoms with van der Waals surface area (Å²) in [6.07, 6.45) is 4.12. The lowest BCUT2D eigenvalue weighted by molar-refractivity contribution is 0.239. The summed E-state index contributed by atoms with van der Waals surface area (Å²) in [7, 11) is 2.05. The molecule has 0 aromatic carbocycles. The summed E-state index contributed by atoms with van der Waals surface area (Å²) >= 11 is 1.85. The third-order valence-electron chi connectivity index (χ3n) is 3.24. The molecule has 3 heteroatoms. The Bertz CT molecular complexity index is 296. The fourth-order valence-electron chi connectivity index (χ4n) is 1.96. The molecule has 1 aromatic heterocycles. The van der Waals surface area contributed by atoms with Crippen molar-refractivity contribution in [1.82, 2.24) is 10.3 Å². The lowest BCUT2D eigenvalue weighted by Crippen LogP contribution is -2.29. The van der Waals surface area contributed by atoms with Gasteiger partial charge in [0.05, 0.1) is 11.7 Å². The summed E-state index contributed by atoms with van der Waals surface area (Å²) in [6, 6.07) is 0.501. The molecular weight excluding hydrogens is 192 g/mol. The van der Waals surface area contributed by atoms with Crippen LogP contribution in [0.1, 0.15) is 40.9 Å². The molecule has 2 nitrogen and oxygen atoms in total. The van der Waals surface area contributed by atoms with Crippen molar-refractivity contribution in [2.75, 3.05) is 7.05 Å². The molecule has 1 fully saturated rings. The van der Waals surface area contributed by atoms with Crippen LogP contribution in [0.25, 0.3) is 0 Å². The van der Waals surface area contributed by atoms with Gasteiger partial charge in [-0.3, -0.25) is 0 Å². The van der Waals surface area contributed by atoms with Gasteiger partial charge in [-0.2, -0.15) is 0 Å². The first kappa shape index (κ1) is 10.1. The van der Waals surface area contributed by atoms with E-state index in [1.807, 2.05) is 11.3 Å². The third kappa shape index (κ3) is 1.71. The zero-order chi connectivity index (χ0) is 10.1. The van der Waals surface area contributed by atoms with E-state index in [1.54, 1.807) is 0 Å². The first-order valence-electron chi connectivity index (χ1n) is 5.33. The number of thiazole rings is 1. The molecule has 2 rings (SSSR count). The van der Waals surface area contributed by atoms with Gasteiger partial charge in [-0.25, -0.2) is 4.98 Å². The summed E-state index contributed by atoms with van der Waals surface area (Å²) in [4.78, 5) is 6.00. The van der Waals surface area contributed by atoms with Gasteiger partial charge in [-0.15, -0.1) is 11.3 Å². The number of nitrogens with zero attached hydrogens (tertiary/aromatic N) is 1. The molecule has 78 valence electrons. The highest BCUT2D eigenvalue weighted by Gasteiger charge is 2.29. The highest BCUT2D eigenvalue weighted by molar-refractivity contribution is 7.11. The normalized spacial score (nSPS) is 19.4. The standard InChI is InChI=1S/C11H18N2S/c1-7-8(2)14-11(13-7)10(12-3)9-5-4-6-9/h9-10,12H,4-6H2,1-3H3. The molecule has 1 atom stereocenters. The zero-order valence-corrected chi connectivity index (χ0v) is 9.95. The molecule has 1 saturated carbocycles. The lowest BCUT2D eigenvalue weighted by atomic mass is 9.80. The van der Waals surface area contributed by atoms with E-state index >= 15 is 0 Å². The Hall–Kier alpha value is -0.410. The van der Waals surface area contributed by atoms with Crippen LogP contribution in [0.5, 0.6) is 0 Å². The van der Waals surface area contributed by atoms with E-state index in [1.165, 1.54) is 34.8 Å². The van der Waals surface area contributed by atoms with E-state index in [9.17, 15) is 0 Å². The van der Waals surface area contributed by atoms with Crippen molar-refractivity contribution in [1.29, 1.82) is 0 Å². The van der Waals surface area contributed by atoms with E-state index in [0.717, 1.165) is 5.92 Å². The largest absolute Gasteiger partial charge is 0.311 e. The number of aryl methyl sites for hydroxylation is 2. The van der Waals surface area contributed by atoms with Gasteiger partial charge in [0.25, 0.3) is 0 Å². The summed E-state index contributed by atoms with van der Waals surface area (Å²) in [5.41, 5.74) is 1.20. The Kier molecular flexibility index (Phi) is 2.88. The van der Waals surface area contributed by atoms with Crippen molar-refractivity contribution in [2.45, 2.75) is 39.2 Å². The van der Waals surface area contributed by atoms with Crippen LogP contribution in [-0.4, -0.2) is 12.0 Å². The maximum absolute atomic E-state index is 4.64. The van der Waals surface area contributed by atoms with Gasteiger partial charge in [0.1, 0.15) is 5.01 Å². The van der Waals surface area contributed by atoms with Crippen molar-refractivity contribution >= 4 is 11.3 Å². The Morgan fingerprint density at radius 1 is 1.43 bits per heavy atom. The first-order chi connectivity index (χ1) is 6.72. The number of rotatable bonds is 3. The molecule has 1 aromatic rings. The molecule has 0 radical (unpaired) electrons. The second-order valence-corrected chi connectivity index (χ2v) is 5.39.